The Morgan fingerprint density at radius 3 is 0.919 bits per heavy atom. The van der Waals surface area contributed by atoms with Gasteiger partial charge in [0.2, 0.25) is 5.91 Å². The summed E-state index contributed by atoms with van der Waals surface area (Å²) >= 11 is 11.6. The topological polar surface area (TPSA) is 442 Å². The lowest BCUT2D eigenvalue weighted by atomic mass is 9.94. The molecule has 20 rings (SSSR count). The predicted molar refractivity (Wildman–Crippen MR) is 504 cm³/mol. The zero-order chi connectivity index (χ0) is 94.4. The number of halogens is 2. The summed E-state index contributed by atoms with van der Waals surface area (Å²) in [6, 6.07) is 35.8. The summed E-state index contributed by atoms with van der Waals surface area (Å²) in [5.74, 6) is 0.873. The highest BCUT2D eigenvalue weighted by Gasteiger charge is 2.37. The molecule has 5 N–H and O–H groups in total. The van der Waals surface area contributed by atoms with Gasteiger partial charge in [-0.1, -0.05) is 74.4 Å². The molecule has 0 radical (unpaired) electrons. The first kappa shape index (κ1) is 95.9. The molecule has 5 aliphatic heterocycles. The Balaban J connectivity index is 0.000000123. The lowest BCUT2D eigenvalue weighted by Crippen LogP contribution is -2.23. The van der Waals surface area contributed by atoms with Gasteiger partial charge in [-0.3, -0.25) is 74.2 Å². The second-order valence-electron chi connectivity index (χ2n) is 31.5. The van der Waals surface area contributed by atoms with Gasteiger partial charge in [0.05, 0.1) is 44.0 Å². The lowest BCUT2D eigenvalue weighted by Gasteiger charge is -2.20. The second kappa shape index (κ2) is 46.4. The van der Waals surface area contributed by atoms with Crippen molar-refractivity contribution in [1.29, 1.82) is 0 Å². The highest BCUT2D eigenvalue weighted by atomic mass is 35.5. The SMILES string of the molecule is COc1cccc(C(=O)Nc2nc(-c3ccco3)c(C(=O)C3CCOCC3)s2)c1.O=C(Nc1nc(-c2ccco2)c(C(=O)C2CCOCC2)s1)C1CC1.O=C(Nc1nc(-c2ccco2)c(C(=O)C2CCOCC2)s1)c1ccc(Cl)nc1.O=C(Nc1nc(-c2ccco2)c(C(=O)C2CCOCC2)s1)c1ccc(F)cc1.O=C(Nc1nc(-c2ccco2)c(C(=O)C2CCOCC2)s1)c1ccncc1. The fraction of sp³-hybridized carbons (Fsp3) is 0.302. The van der Waals surface area contributed by atoms with Gasteiger partial charge in [0, 0.05) is 137 Å². The second-order valence-corrected chi connectivity index (χ2v) is 36.9. The van der Waals surface area contributed by atoms with Crippen LogP contribution < -0.4 is 31.3 Å². The molecule has 0 atom stereocenters. The highest BCUT2D eigenvalue weighted by Crippen LogP contribution is 2.43. The van der Waals surface area contributed by atoms with Crippen molar-refractivity contribution in [1.82, 2.24) is 34.9 Å². The Morgan fingerprint density at radius 2 is 0.632 bits per heavy atom. The number of rotatable bonds is 26. The summed E-state index contributed by atoms with van der Waals surface area (Å²) in [6.07, 6.45) is 20.8. The van der Waals surface area contributed by atoms with Gasteiger partial charge in [0.25, 0.3) is 23.6 Å². The first-order valence-electron chi connectivity index (χ1n) is 43.6. The number of amides is 5. The van der Waals surface area contributed by atoms with Crippen molar-refractivity contribution in [2.45, 2.75) is 77.0 Å². The lowest BCUT2D eigenvalue weighted by molar-refractivity contribution is -0.117. The molecule has 0 spiro atoms. The molecule has 5 saturated heterocycles. The fourth-order valence-electron chi connectivity index (χ4n) is 14.9. The van der Waals surface area contributed by atoms with Gasteiger partial charge in [-0.25, -0.2) is 34.3 Å². The number of furan rings is 5. The molecule has 12 aromatic heterocycles. The van der Waals surface area contributed by atoms with Gasteiger partial charge in [0.15, 0.2) is 83.4 Å². The molecule has 14 aromatic rings. The minimum absolute atomic E-state index is 0.000795. The van der Waals surface area contributed by atoms with Crippen molar-refractivity contribution in [3.8, 4) is 63.0 Å². The van der Waals surface area contributed by atoms with Gasteiger partial charge in [0.1, 0.15) is 69.6 Å². The number of carbonyl (C=O) groups excluding carboxylic acids is 10. The molecule has 0 bridgehead atoms. The van der Waals surface area contributed by atoms with Gasteiger partial charge in [-0.05, 0) is 204 Å². The van der Waals surface area contributed by atoms with Crippen LogP contribution in [0.3, 0.4) is 0 Å². The van der Waals surface area contributed by atoms with E-state index in [2.05, 4.69) is 61.5 Å². The molecule has 17 heterocycles. The maximum Gasteiger partial charge on any atom is 0.259 e. The summed E-state index contributed by atoms with van der Waals surface area (Å²) in [5.41, 5.74) is 3.85. The number of nitrogens with one attached hydrogen (secondary N) is 5. The molecular weight excluding hydrogens is 1870 g/mol. The third kappa shape index (κ3) is 24.7. The van der Waals surface area contributed by atoms with Crippen LogP contribution in [0.1, 0.15) is 167 Å². The van der Waals surface area contributed by atoms with E-state index in [-0.39, 0.29) is 93.2 Å². The van der Waals surface area contributed by atoms with Crippen molar-refractivity contribution >= 4 is 152 Å². The number of hydrogen-bond acceptors (Lipinski definition) is 33. The van der Waals surface area contributed by atoms with Crippen molar-refractivity contribution in [2.75, 3.05) is 99.8 Å². The number of hydrogen-bond donors (Lipinski definition) is 5. The van der Waals surface area contributed by atoms with E-state index in [9.17, 15) is 52.3 Å². The normalized spacial score (nSPS) is 15.4. The maximum atomic E-state index is 13.1. The molecule has 1 saturated carbocycles. The standard InChI is InChI=1S/C21H20N2O5S.C20H17FN2O4S.C19H16ClN3O4S.C19H17N3O4S.C17H18N2O4S/c1-26-15-5-2-4-14(12-15)20(25)23-21-22-17(16-6-3-9-28-16)19(29-21)18(24)13-7-10-27-11-8-13;21-14-5-3-13(4-6-14)19(25)23-20-22-16(15-2-1-9-27-15)18(28-20)17(24)12-7-10-26-11-8-12;20-14-4-3-12(10-21-14)18(25)23-19-22-15(13-2-1-7-27-13)17(28-19)16(24)11-5-8-26-9-6-11;23-16(12-5-10-25-11-6-12)17-15(14-2-1-9-26-14)21-19(27-17)22-18(24)13-3-7-20-8-4-13;20-14(10-5-8-22-9-6-10)15-13(12-2-1-7-23-12)18-17(24-15)19-16(21)11-3-4-11/h2-6,9,12-13H,7-8,10-11H2,1H3,(H,22,23,25);1-6,9,12H,7-8,10-11H2,(H,22,23,25);1-4,7,10-11H,5-6,8-9H2,(H,22,23,25);1-4,7-9,12H,5-6,10-11H2,(H,21,22,24);1-2,7,10-11H,3-6,8-9H2,(H,18,19,21). The number of Topliss-reactive ketones (excluding diaryl/α,β-unsaturated/α-hetero) is 5. The van der Waals surface area contributed by atoms with Gasteiger partial charge in [-0.15, -0.1) is 0 Å². The van der Waals surface area contributed by atoms with Crippen LogP contribution in [0.25, 0.3) is 57.3 Å². The molecule has 40 heteroatoms. The number of benzene rings is 2. The third-order valence-corrected chi connectivity index (χ3v) is 27.6. The molecule has 2 aromatic carbocycles. The minimum atomic E-state index is -0.426. The summed E-state index contributed by atoms with van der Waals surface area (Å²) in [7, 11) is 1.54. The Hall–Kier alpha value is -13.2. The van der Waals surface area contributed by atoms with E-state index < -0.39 is 11.7 Å². The molecule has 0 unspecified atom stereocenters. The number of carbonyl (C=O) groups is 10. The van der Waals surface area contributed by atoms with Crippen molar-refractivity contribution in [2.24, 2.45) is 35.5 Å². The number of methoxy groups -OCH3 is 1. The Labute approximate surface area is 801 Å². The van der Waals surface area contributed by atoms with E-state index in [1.807, 2.05) is 0 Å². The van der Waals surface area contributed by atoms with Gasteiger partial charge in [-0.2, -0.15) is 0 Å². The Bertz CT molecular complexity index is 6270. The molecule has 136 heavy (non-hydrogen) atoms. The summed E-state index contributed by atoms with van der Waals surface area (Å²) in [6.45, 7) is 5.77. The van der Waals surface area contributed by atoms with Crippen LogP contribution in [0.4, 0.5) is 30.0 Å². The van der Waals surface area contributed by atoms with E-state index in [4.69, 9.17) is 62.1 Å². The van der Waals surface area contributed by atoms with Crippen LogP contribution in [-0.2, 0) is 28.5 Å². The van der Waals surface area contributed by atoms with Crippen LogP contribution in [-0.4, -0.2) is 167 Å². The van der Waals surface area contributed by atoms with E-state index >= 15 is 0 Å². The number of thiazole rings is 5. The molecule has 5 amide bonds. The van der Waals surface area contributed by atoms with Crippen molar-refractivity contribution < 1.29 is 103 Å². The average molecular weight is 1960 g/mol. The molecule has 33 nitrogen and oxygen atoms in total. The summed E-state index contributed by atoms with van der Waals surface area (Å²) < 4.78 is 72.2. The summed E-state index contributed by atoms with van der Waals surface area (Å²) in [5, 5.41) is 15.9. The summed E-state index contributed by atoms with van der Waals surface area (Å²) in [4.78, 5) is 160. The zero-order valence-electron chi connectivity index (χ0n) is 72.8. The number of ketones is 5. The van der Waals surface area contributed by atoms with E-state index in [1.165, 1.54) is 95.6 Å². The van der Waals surface area contributed by atoms with Crippen LogP contribution in [0, 0.1) is 41.3 Å². The van der Waals surface area contributed by atoms with Crippen LogP contribution >= 0.6 is 68.3 Å². The Morgan fingerprint density at radius 1 is 0.338 bits per heavy atom. The third-order valence-electron chi connectivity index (χ3n) is 22.4. The molecule has 6 fully saturated rings. The number of nitrogens with zero attached hydrogens (tertiary/aromatic N) is 7. The maximum absolute atomic E-state index is 13.1. The molecule has 702 valence electrons. The monoisotopic (exact) mass is 1960 g/mol. The smallest absolute Gasteiger partial charge is 0.259 e. The first-order valence-corrected chi connectivity index (χ1v) is 48.1. The number of anilines is 5. The van der Waals surface area contributed by atoms with Gasteiger partial charge < -0.3 is 55.8 Å². The van der Waals surface area contributed by atoms with Crippen LogP contribution in [0.5, 0.6) is 5.75 Å². The quantitative estimate of drug-likeness (QED) is 0.0248. The van der Waals surface area contributed by atoms with Gasteiger partial charge >= 0.3 is 0 Å². The number of pyridine rings is 2. The number of ether oxygens (including phenoxy) is 6. The fourth-order valence-corrected chi connectivity index (χ4v) is 20.0. The van der Waals surface area contributed by atoms with Crippen LogP contribution in [0.15, 0.2) is 205 Å². The predicted octanol–water partition coefficient (Wildman–Crippen LogP) is 20.0. The van der Waals surface area contributed by atoms with E-state index in [1.54, 1.807) is 129 Å². The minimum Gasteiger partial charge on any atom is -0.497 e. The molecular formula is C96H88ClFN12O21S5. The molecule has 1 aliphatic carbocycles. The Kier molecular flexibility index (Phi) is 32.7. The number of aromatic nitrogens is 7. The van der Waals surface area contributed by atoms with E-state index in [0.29, 0.717) is 253 Å². The largest absolute Gasteiger partial charge is 0.497 e. The van der Waals surface area contributed by atoms with Crippen LogP contribution in [0.2, 0.25) is 5.15 Å². The molecule has 6 aliphatic rings. The average Bonchev–Trinajstić information content (AvgIpc) is 1.67. The van der Waals surface area contributed by atoms with Crippen molar-refractivity contribution in [3.63, 3.8) is 0 Å². The van der Waals surface area contributed by atoms with Crippen molar-refractivity contribution in [3.05, 3.63) is 241 Å². The first-order chi connectivity index (χ1) is 66.3. The highest BCUT2D eigenvalue weighted by molar-refractivity contribution is 7.19. The zero-order valence-corrected chi connectivity index (χ0v) is 77.7. The van der Waals surface area contributed by atoms with E-state index in [0.717, 1.165) is 48.4 Å².